The van der Waals surface area contributed by atoms with Crippen LogP contribution in [0.5, 0.6) is 0 Å². The fourth-order valence-corrected chi connectivity index (χ4v) is 5.05. The molecule has 1 aromatic heterocycles. The van der Waals surface area contributed by atoms with E-state index in [1.54, 1.807) is 6.07 Å². The molecule has 0 atom stereocenters. The van der Waals surface area contributed by atoms with Crippen molar-refractivity contribution < 1.29 is 14.3 Å². The molecule has 4 fully saturated rings. The number of carboxylic acids is 1. The molecule has 1 aromatic rings. The zero-order valence-corrected chi connectivity index (χ0v) is 10.9. The highest BCUT2D eigenvalue weighted by atomic mass is 16.4. The molecule has 4 nitrogen and oxygen atoms in total. The van der Waals surface area contributed by atoms with E-state index in [4.69, 9.17) is 9.52 Å². The summed E-state index contributed by atoms with van der Waals surface area (Å²) in [5.41, 5.74) is 0.169. The average Bonchev–Trinajstić information content (AvgIpc) is 2.74. The van der Waals surface area contributed by atoms with Gasteiger partial charge in [-0.1, -0.05) is 0 Å². The van der Waals surface area contributed by atoms with Crippen molar-refractivity contribution in [1.82, 2.24) is 0 Å². The lowest BCUT2D eigenvalue weighted by Gasteiger charge is -2.56. The summed E-state index contributed by atoms with van der Waals surface area (Å²) in [6.45, 7) is 0. The number of anilines is 1. The molecule has 102 valence electrons. The molecular weight excluding hydrogens is 242 g/mol. The second-order valence-corrected chi connectivity index (χ2v) is 6.79. The monoisotopic (exact) mass is 261 g/mol. The summed E-state index contributed by atoms with van der Waals surface area (Å²) >= 11 is 0. The smallest absolute Gasteiger partial charge is 0.371 e. The van der Waals surface area contributed by atoms with Gasteiger partial charge in [-0.25, -0.2) is 4.79 Å². The van der Waals surface area contributed by atoms with Gasteiger partial charge < -0.3 is 14.8 Å². The maximum Gasteiger partial charge on any atom is 0.371 e. The molecule has 1 heterocycles. The Hall–Kier alpha value is -1.45. The largest absolute Gasteiger partial charge is 0.475 e. The fraction of sp³-hybridized carbons (Fsp3) is 0.667. The van der Waals surface area contributed by atoms with Crippen LogP contribution in [0.25, 0.3) is 0 Å². The predicted molar refractivity (Wildman–Crippen MR) is 70.2 cm³/mol. The van der Waals surface area contributed by atoms with Gasteiger partial charge in [0.15, 0.2) is 5.88 Å². The molecule has 4 bridgehead atoms. The predicted octanol–water partition coefficient (Wildman–Crippen LogP) is 3.36. The molecule has 0 amide bonds. The van der Waals surface area contributed by atoms with Gasteiger partial charge in [0, 0.05) is 11.6 Å². The van der Waals surface area contributed by atoms with E-state index in [0.29, 0.717) is 5.88 Å². The molecule has 4 aliphatic carbocycles. The van der Waals surface area contributed by atoms with Crippen LogP contribution in [0.3, 0.4) is 0 Å². The Balaban J connectivity index is 1.57. The van der Waals surface area contributed by atoms with Gasteiger partial charge in [0.1, 0.15) is 0 Å². The van der Waals surface area contributed by atoms with Crippen molar-refractivity contribution in [3.63, 3.8) is 0 Å². The first-order valence-electron chi connectivity index (χ1n) is 7.23. The third-order valence-electron chi connectivity index (χ3n) is 5.24. The summed E-state index contributed by atoms with van der Waals surface area (Å²) in [5.74, 6) is 2.25. The molecule has 4 heteroatoms. The lowest BCUT2D eigenvalue weighted by atomic mass is 9.53. The Bertz CT molecular complexity index is 484. The number of hydrogen-bond donors (Lipinski definition) is 2. The molecule has 0 spiro atoms. The molecule has 2 N–H and O–H groups in total. The number of rotatable bonds is 3. The van der Waals surface area contributed by atoms with Crippen molar-refractivity contribution in [3.05, 3.63) is 17.9 Å². The van der Waals surface area contributed by atoms with Crippen LogP contribution in [0.15, 0.2) is 16.5 Å². The summed E-state index contributed by atoms with van der Waals surface area (Å²) in [6.07, 6.45) is 7.88. The van der Waals surface area contributed by atoms with E-state index in [1.165, 1.54) is 44.6 Å². The van der Waals surface area contributed by atoms with Crippen molar-refractivity contribution in [2.24, 2.45) is 17.8 Å². The van der Waals surface area contributed by atoms with E-state index in [-0.39, 0.29) is 11.3 Å². The first-order chi connectivity index (χ1) is 9.12. The van der Waals surface area contributed by atoms with Gasteiger partial charge in [-0.3, -0.25) is 0 Å². The highest BCUT2D eigenvalue weighted by Crippen LogP contribution is 2.56. The highest BCUT2D eigenvalue weighted by molar-refractivity contribution is 5.84. The van der Waals surface area contributed by atoms with Crippen molar-refractivity contribution in [2.75, 3.05) is 5.32 Å². The summed E-state index contributed by atoms with van der Waals surface area (Å²) < 4.78 is 5.37. The summed E-state index contributed by atoms with van der Waals surface area (Å²) in [5, 5.41) is 12.4. The van der Waals surface area contributed by atoms with Crippen LogP contribution in [0.4, 0.5) is 5.88 Å². The Morgan fingerprint density at radius 3 is 2.21 bits per heavy atom. The first kappa shape index (κ1) is 11.4. The number of aromatic carboxylic acids is 1. The van der Waals surface area contributed by atoms with Crippen LogP contribution in [-0.2, 0) is 0 Å². The third-order valence-corrected chi connectivity index (χ3v) is 5.24. The van der Waals surface area contributed by atoms with Gasteiger partial charge in [-0.15, -0.1) is 0 Å². The van der Waals surface area contributed by atoms with Gasteiger partial charge in [-0.2, -0.15) is 0 Å². The molecule has 0 radical (unpaired) electrons. The van der Waals surface area contributed by atoms with Crippen LogP contribution >= 0.6 is 0 Å². The lowest BCUT2D eigenvalue weighted by molar-refractivity contribution is 0.00974. The molecule has 0 saturated heterocycles. The topological polar surface area (TPSA) is 62.5 Å². The zero-order valence-electron chi connectivity index (χ0n) is 10.9. The summed E-state index contributed by atoms with van der Waals surface area (Å²) in [6, 6.07) is 3.28. The second-order valence-electron chi connectivity index (χ2n) is 6.79. The average molecular weight is 261 g/mol. The van der Waals surface area contributed by atoms with Crippen molar-refractivity contribution >= 4 is 11.9 Å². The van der Waals surface area contributed by atoms with Crippen LogP contribution in [0, 0.1) is 17.8 Å². The molecule has 19 heavy (non-hydrogen) atoms. The normalized spacial score (nSPS) is 39.5. The Morgan fingerprint density at radius 2 is 1.74 bits per heavy atom. The molecule has 4 aliphatic rings. The molecule has 5 rings (SSSR count). The maximum atomic E-state index is 10.9. The van der Waals surface area contributed by atoms with E-state index in [1.807, 2.05) is 0 Å². The minimum absolute atomic E-state index is 0.0206. The van der Waals surface area contributed by atoms with Gasteiger partial charge in [0.05, 0.1) is 0 Å². The van der Waals surface area contributed by atoms with E-state index in [9.17, 15) is 4.79 Å². The molecule has 4 saturated carbocycles. The third kappa shape index (κ3) is 1.85. The van der Waals surface area contributed by atoms with E-state index in [2.05, 4.69) is 5.32 Å². The quantitative estimate of drug-likeness (QED) is 0.875. The van der Waals surface area contributed by atoms with Crippen molar-refractivity contribution in [1.29, 1.82) is 0 Å². The van der Waals surface area contributed by atoms with Crippen molar-refractivity contribution in [3.8, 4) is 0 Å². The van der Waals surface area contributed by atoms with Gasteiger partial charge in [0.25, 0.3) is 0 Å². The first-order valence-corrected chi connectivity index (χ1v) is 7.23. The van der Waals surface area contributed by atoms with Crippen LogP contribution < -0.4 is 5.32 Å². The number of carboxylic acid groups (broad SMARTS) is 1. The Labute approximate surface area is 112 Å². The van der Waals surface area contributed by atoms with Gasteiger partial charge >= 0.3 is 5.97 Å². The van der Waals surface area contributed by atoms with E-state index >= 15 is 0 Å². The minimum atomic E-state index is -1.00. The number of hydrogen-bond acceptors (Lipinski definition) is 3. The summed E-state index contributed by atoms with van der Waals surface area (Å²) in [4.78, 5) is 10.9. The van der Waals surface area contributed by atoms with Crippen LogP contribution in [-0.4, -0.2) is 16.6 Å². The van der Waals surface area contributed by atoms with E-state index < -0.39 is 5.97 Å². The zero-order chi connectivity index (χ0) is 13.0. The Kier molecular flexibility index (Phi) is 2.26. The highest BCUT2D eigenvalue weighted by Gasteiger charge is 2.51. The Morgan fingerprint density at radius 1 is 1.16 bits per heavy atom. The standard InChI is InChI=1S/C15H19NO3/c17-14(18)12-1-2-13(19-12)16-15-6-9-3-10(7-15)5-11(4-9)8-15/h1-2,9-11,16H,3-8H2,(H,17,18). The number of furan rings is 1. The van der Waals surface area contributed by atoms with Crippen LogP contribution in [0.2, 0.25) is 0 Å². The number of nitrogens with one attached hydrogen (secondary N) is 1. The minimum Gasteiger partial charge on any atom is -0.475 e. The lowest BCUT2D eigenvalue weighted by Crippen LogP contribution is -2.54. The van der Waals surface area contributed by atoms with E-state index in [0.717, 1.165) is 17.8 Å². The molecular formula is C15H19NO3. The molecule has 0 aliphatic heterocycles. The SMILES string of the molecule is O=C(O)c1ccc(NC23CC4CC(CC(C4)C2)C3)o1. The van der Waals surface area contributed by atoms with Gasteiger partial charge in [-0.05, 0) is 62.3 Å². The number of carbonyl (C=O) groups is 1. The molecule has 0 aromatic carbocycles. The summed E-state index contributed by atoms with van der Waals surface area (Å²) in [7, 11) is 0. The van der Waals surface area contributed by atoms with Crippen LogP contribution in [0.1, 0.15) is 49.1 Å². The van der Waals surface area contributed by atoms with Gasteiger partial charge in [0.2, 0.25) is 5.76 Å². The maximum absolute atomic E-state index is 10.9. The fourth-order valence-electron chi connectivity index (χ4n) is 5.05. The van der Waals surface area contributed by atoms with Crippen molar-refractivity contribution in [2.45, 2.75) is 44.1 Å². The second kappa shape index (κ2) is 3.78. The molecule has 0 unspecified atom stereocenters.